The SMILES string of the molecule is CC(C)Oc1cncc(-c2ccc(Br)cc2C(=O)O)c1. The maximum absolute atomic E-state index is 11.3. The van der Waals surface area contributed by atoms with Crippen LogP contribution in [0.3, 0.4) is 0 Å². The molecule has 0 radical (unpaired) electrons. The number of carboxylic acid groups (broad SMARTS) is 1. The Labute approximate surface area is 125 Å². The predicted molar refractivity (Wildman–Crippen MR) is 80.1 cm³/mol. The Balaban J connectivity index is 2.48. The van der Waals surface area contributed by atoms with Crippen LogP contribution in [0.5, 0.6) is 5.75 Å². The van der Waals surface area contributed by atoms with E-state index in [-0.39, 0.29) is 11.7 Å². The zero-order valence-corrected chi connectivity index (χ0v) is 12.7. The summed E-state index contributed by atoms with van der Waals surface area (Å²) in [6.45, 7) is 3.85. The van der Waals surface area contributed by atoms with Crippen LogP contribution >= 0.6 is 15.9 Å². The Bertz CT molecular complexity index is 641. The van der Waals surface area contributed by atoms with Gasteiger partial charge in [0.15, 0.2) is 0 Å². The van der Waals surface area contributed by atoms with E-state index >= 15 is 0 Å². The van der Waals surface area contributed by atoms with E-state index in [0.717, 1.165) is 4.47 Å². The molecule has 2 rings (SSSR count). The summed E-state index contributed by atoms with van der Waals surface area (Å²) >= 11 is 3.28. The van der Waals surface area contributed by atoms with E-state index in [9.17, 15) is 9.90 Å². The predicted octanol–water partition coefficient (Wildman–Crippen LogP) is 4.00. The summed E-state index contributed by atoms with van der Waals surface area (Å²) in [5.41, 5.74) is 1.55. The van der Waals surface area contributed by atoms with Gasteiger partial charge in [-0.05, 0) is 37.6 Å². The van der Waals surface area contributed by atoms with Gasteiger partial charge in [0.25, 0.3) is 0 Å². The minimum atomic E-state index is -0.975. The van der Waals surface area contributed by atoms with Gasteiger partial charge in [-0.1, -0.05) is 22.0 Å². The molecular weight excluding hydrogens is 322 g/mol. The summed E-state index contributed by atoms with van der Waals surface area (Å²) in [6.07, 6.45) is 3.28. The Morgan fingerprint density at radius 1 is 1.30 bits per heavy atom. The number of halogens is 1. The smallest absolute Gasteiger partial charge is 0.336 e. The van der Waals surface area contributed by atoms with Crippen LogP contribution in [0.4, 0.5) is 0 Å². The van der Waals surface area contributed by atoms with E-state index in [0.29, 0.717) is 16.9 Å². The summed E-state index contributed by atoms with van der Waals surface area (Å²) < 4.78 is 6.30. The largest absolute Gasteiger partial charge is 0.489 e. The second-order valence-electron chi connectivity index (χ2n) is 4.57. The average Bonchev–Trinajstić information content (AvgIpc) is 2.38. The lowest BCUT2D eigenvalue weighted by Crippen LogP contribution is -2.06. The number of carbonyl (C=O) groups is 1. The van der Waals surface area contributed by atoms with Crippen molar-refractivity contribution in [3.8, 4) is 16.9 Å². The summed E-state index contributed by atoms with van der Waals surface area (Å²) in [4.78, 5) is 15.4. The molecule has 0 amide bonds. The highest BCUT2D eigenvalue weighted by molar-refractivity contribution is 9.10. The van der Waals surface area contributed by atoms with Crippen molar-refractivity contribution in [1.82, 2.24) is 4.98 Å². The Hall–Kier alpha value is -1.88. The van der Waals surface area contributed by atoms with Crippen LogP contribution < -0.4 is 4.74 Å². The lowest BCUT2D eigenvalue weighted by atomic mass is 10.0. The van der Waals surface area contributed by atoms with Crippen LogP contribution in [-0.4, -0.2) is 22.2 Å². The van der Waals surface area contributed by atoms with Crippen molar-refractivity contribution in [1.29, 1.82) is 0 Å². The van der Waals surface area contributed by atoms with Crippen LogP contribution in [0.2, 0.25) is 0 Å². The maximum Gasteiger partial charge on any atom is 0.336 e. The number of aromatic nitrogens is 1. The van der Waals surface area contributed by atoms with E-state index in [1.165, 1.54) is 0 Å². The second kappa shape index (κ2) is 6.05. The van der Waals surface area contributed by atoms with Gasteiger partial charge in [-0.25, -0.2) is 4.79 Å². The molecule has 0 aliphatic carbocycles. The van der Waals surface area contributed by atoms with Crippen LogP contribution in [-0.2, 0) is 0 Å². The maximum atomic E-state index is 11.3. The van der Waals surface area contributed by atoms with Crippen LogP contribution in [0.1, 0.15) is 24.2 Å². The fraction of sp³-hybridized carbons (Fsp3) is 0.200. The third-order valence-electron chi connectivity index (χ3n) is 2.61. The molecule has 0 saturated carbocycles. The van der Waals surface area contributed by atoms with E-state index in [2.05, 4.69) is 20.9 Å². The van der Waals surface area contributed by atoms with Crippen molar-refractivity contribution in [2.75, 3.05) is 0 Å². The third kappa shape index (κ3) is 3.36. The number of carboxylic acids is 1. The highest BCUT2D eigenvalue weighted by Gasteiger charge is 2.13. The highest BCUT2D eigenvalue weighted by Crippen LogP contribution is 2.28. The van der Waals surface area contributed by atoms with Gasteiger partial charge < -0.3 is 9.84 Å². The first-order valence-corrected chi connectivity index (χ1v) is 6.91. The van der Waals surface area contributed by atoms with E-state index in [4.69, 9.17) is 4.74 Å². The lowest BCUT2D eigenvalue weighted by Gasteiger charge is -2.11. The zero-order valence-electron chi connectivity index (χ0n) is 11.1. The number of pyridine rings is 1. The molecule has 0 spiro atoms. The van der Waals surface area contributed by atoms with Crippen molar-refractivity contribution in [2.45, 2.75) is 20.0 Å². The van der Waals surface area contributed by atoms with Gasteiger partial charge in [-0.3, -0.25) is 4.98 Å². The van der Waals surface area contributed by atoms with Gasteiger partial charge in [0, 0.05) is 16.2 Å². The normalized spacial score (nSPS) is 10.6. The molecule has 1 heterocycles. The minimum Gasteiger partial charge on any atom is -0.489 e. The molecule has 1 aromatic heterocycles. The van der Waals surface area contributed by atoms with Gasteiger partial charge in [0.1, 0.15) is 5.75 Å². The Morgan fingerprint density at radius 2 is 2.05 bits per heavy atom. The third-order valence-corrected chi connectivity index (χ3v) is 3.10. The van der Waals surface area contributed by atoms with Gasteiger partial charge in [-0.15, -0.1) is 0 Å². The fourth-order valence-corrected chi connectivity index (χ4v) is 2.21. The van der Waals surface area contributed by atoms with E-state index in [1.54, 1.807) is 36.7 Å². The molecule has 0 atom stereocenters. The standard InChI is InChI=1S/C15H14BrNO3/c1-9(2)20-12-5-10(7-17-8-12)13-4-3-11(16)6-14(13)15(18)19/h3-9H,1-2H3,(H,18,19). The fourth-order valence-electron chi connectivity index (χ4n) is 1.85. The summed E-state index contributed by atoms with van der Waals surface area (Å²) in [5.74, 6) is -0.353. The summed E-state index contributed by atoms with van der Waals surface area (Å²) in [5, 5.41) is 9.29. The molecule has 104 valence electrons. The molecule has 2 aromatic rings. The molecule has 0 aliphatic heterocycles. The van der Waals surface area contributed by atoms with Gasteiger partial charge in [-0.2, -0.15) is 0 Å². The number of hydrogen-bond acceptors (Lipinski definition) is 3. The zero-order chi connectivity index (χ0) is 14.7. The van der Waals surface area contributed by atoms with E-state index in [1.807, 2.05) is 13.8 Å². The van der Waals surface area contributed by atoms with Crippen molar-refractivity contribution in [3.05, 3.63) is 46.7 Å². The molecule has 0 aliphatic rings. The molecule has 1 aromatic carbocycles. The second-order valence-corrected chi connectivity index (χ2v) is 5.49. The van der Waals surface area contributed by atoms with Crippen molar-refractivity contribution >= 4 is 21.9 Å². The van der Waals surface area contributed by atoms with Crippen LogP contribution in [0.15, 0.2) is 41.1 Å². The van der Waals surface area contributed by atoms with Crippen molar-refractivity contribution in [3.63, 3.8) is 0 Å². The van der Waals surface area contributed by atoms with Gasteiger partial charge in [0.05, 0.1) is 17.9 Å². The summed E-state index contributed by atoms with van der Waals surface area (Å²) in [6, 6.07) is 6.93. The monoisotopic (exact) mass is 335 g/mol. The average molecular weight is 336 g/mol. The van der Waals surface area contributed by atoms with Crippen LogP contribution in [0.25, 0.3) is 11.1 Å². The molecule has 20 heavy (non-hydrogen) atoms. The molecule has 5 heteroatoms. The number of nitrogens with zero attached hydrogens (tertiary/aromatic N) is 1. The van der Waals surface area contributed by atoms with Crippen LogP contribution in [0, 0.1) is 0 Å². The number of rotatable bonds is 4. The molecule has 0 bridgehead atoms. The number of aromatic carboxylic acids is 1. The first kappa shape index (κ1) is 14.5. The quantitative estimate of drug-likeness (QED) is 0.917. The first-order valence-electron chi connectivity index (χ1n) is 6.12. The Morgan fingerprint density at radius 3 is 2.70 bits per heavy atom. The molecule has 0 fully saturated rings. The molecule has 0 unspecified atom stereocenters. The topological polar surface area (TPSA) is 59.4 Å². The molecule has 0 saturated heterocycles. The summed E-state index contributed by atoms with van der Waals surface area (Å²) in [7, 11) is 0. The molecular formula is C15H14BrNO3. The Kier molecular flexibility index (Phi) is 4.39. The molecule has 4 nitrogen and oxygen atoms in total. The first-order chi connectivity index (χ1) is 9.47. The van der Waals surface area contributed by atoms with E-state index < -0.39 is 5.97 Å². The van der Waals surface area contributed by atoms with Crippen molar-refractivity contribution in [2.24, 2.45) is 0 Å². The number of benzene rings is 1. The van der Waals surface area contributed by atoms with Crippen molar-refractivity contribution < 1.29 is 14.6 Å². The molecule has 1 N–H and O–H groups in total. The highest BCUT2D eigenvalue weighted by atomic mass is 79.9. The lowest BCUT2D eigenvalue weighted by molar-refractivity contribution is 0.0697. The number of hydrogen-bond donors (Lipinski definition) is 1. The van der Waals surface area contributed by atoms with Gasteiger partial charge >= 0.3 is 5.97 Å². The number of ether oxygens (including phenoxy) is 1. The minimum absolute atomic E-state index is 0.0379. The van der Waals surface area contributed by atoms with Gasteiger partial charge in [0.2, 0.25) is 0 Å².